The SMILES string of the molecule is Cc1ccc(SCCNC(=O)Cn2cnnc2C#N)cc1. The average Bonchev–Trinajstić information content (AvgIpc) is 2.92. The Morgan fingerprint density at radius 2 is 2.19 bits per heavy atom. The molecule has 108 valence electrons. The lowest BCUT2D eigenvalue weighted by Crippen LogP contribution is -2.29. The molecular weight excluding hydrogens is 286 g/mol. The van der Waals surface area contributed by atoms with E-state index in [2.05, 4.69) is 46.7 Å². The normalized spacial score (nSPS) is 10.1. The fraction of sp³-hybridized carbons (Fsp3) is 0.286. The fourth-order valence-corrected chi connectivity index (χ4v) is 2.43. The summed E-state index contributed by atoms with van der Waals surface area (Å²) in [5, 5.41) is 18.8. The number of rotatable bonds is 6. The van der Waals surface area contributed by atoms with E-state index in [0.29, 0.717) is 6.54 Å². The summed E-state index contributed by atoms with van der Waals surface area (Å²) in [7, 11) is 0. The molecule has 6 nitrogen and oxygen atoms in total. The molecule has 0 spiro atoms. The molecule has 0 saturated heterocycles. The highest BCUT2D eigenvalue weighted by atomic mass is 32.2. The number of aryl methyl sites for hydroxylation is 1. The van der Waals surface area contributed by atoms with Crippen LogP contribution in [0.15, 0.2) is 35.5 Å². The van der Waals surface area contributed by atoms with E-state index in [0.717, 1.165) is 5.75 Å². The van der Waals surface area contributed by atoms with E-state index in [1.54, 1.807) is 11.8 Å². The molecule has 0 atom stereocenters. The molecule has 7 heteroatoms. The van der Waals surface area contributed by atoms with E-state index in [-0.39, 0.29) is 18.3 Å². The first-order valence-corrected chi connectivity index (χ1v) is 7.41. The second kappa shape index (κ2) is 7.45. The van der Waals surface area contributed by atoms with Crippen LogP contribution in [0.25, 0.3) is 0 Å². The summed E-state index contributed by atoms with van der Waals surface area (Å²) in [5.74, 6) is 0.775. The first kappa shape index (κ1) is 15.1. The van der Waals surface area contributed by atoms with Gasteiger partial charge in [-0.05, 0) is 19.1 Å². The first-order chi connectivity index (χ1) is 10.2. The van der Waals surface area contributed by atoms with Crippen LogP contribution in [-0.4, -0.2) is 33.0 Å². The van der Waals surface area contributed by atoms with Crippen molar-refractivity contribution in [1.29, 1.82) is 5.26 Å². The Labute approximate surface area is 127 Å². The third-order valence-electron chi connectivity index (χ3n) is 2.74. The van der Waals surface area contributed by atoms with E-state index in [1.807, 2.05) is 6.07 Å². The molecule has 0 unspecified atom stereocenters. The molecule has 2 rings (SSSR count). The lowest BCUT2D eigenvalue weighted by molar-refractivity contribution is -0.121. The second-order valence-electron chi connectivity index (χ2n) is 4.41. The van der Waals surface area contributed by atoms with Crippen molar-refractivity contribution in [2.24, 2.45) is 0 Å². The molecule has 0 aliphatic carbocycles. The molecule has 2 aromatic rings. The Morgan fingerprint density at radius 3 is 2.90 bits per heavy atom. The van der Waals surface area contributed by atoms with Crippen LogP contribution in [0.3, 0.4) is 0 Å². The maximum absolute atomic E-state index is 11.7. The highest BCUT2D eigenvalue weighted by Gasteiger charge is 2.07. The van der Waals surface area contributed by atoms with Crippen LogP contribution >= 0.6 is 11.8 Å². The number of benzene rings is 1. The summed E-state index contributed by atoms with van der Waals surface area (Å²) in [6, 6.07) is 10.1. The lowest BCUT2D eigenvalue weighted by Gasteiger charge is -2.06. The molecule has 0 fully saturated rings. The number of nitrogens with zero attached hydrogens (tertiary/aromatic N) is 4. The first-order valence-electron chi connectivity index (χ1n) is 6.43. The van der Waals surface area contributed by atoms with Crippen molar-refractivity contribution in [3.8, 4) is 6.07 Å². The number of carbonyl (C=O) groups excluding carboxylic acids is 1. The molecule has 1 aromatic heterocycles. The minimum absolute atomic E-state index is 0.0606. The molecule has 1 amide bonds. The average molecular weight is 301 g/mol. The molecule has 1 N–H and O–H groups in total. The van der Waals surface area contributed by atoms with Gasteiger partial charge in [-0.15, -0.1) is 22.0 Å². The van der Waals surface area contributed by atoms with Crippen LogP contribution in [0.5, 0.6) is 0 Å². The molecule has 0 bridgehead atoms. The van der Waals surface area contributed by atoms with Gasteiger partial charge in [0.2, 0.25) is 11.7 Å². The van der Waals surface area contributed by atoms with Gasteiger partial charge in [0.15, 0.2) is 0 Å². The zero-order valence-electron chi connectivity index (χ0n) is 11.6. The van der Waals surface area contributed by atoms with E-state index in [1.165, 1.54) is 21.4 Å². The maximum Gasteiger partial charge on any atom is 0.240 e. The summed E-state index contributed by atoms with van der Waals surface area (Å²) in [6.45, 7) is 2.68. The molecule has 21 heavy (non-hydrogen) atoms. The van der Waals surface area contributed by atoms with E-state index < -0.39 is 0 Å². The number of hydrogen-bond donors (Lipinski definition) is 1. The quantitative estimate of drug-likeness (QED) is 0.643. The molecule has 0 aliphatic heterocycles. The molecule has 0 aliphatic rings. The van der Waals surface area contributed by atoms with Gasteiger partial charge in [0.1, 0.15) is 18.9 Å². The summed E-state index contributed by atoms with van der Waals surface area (Å²) in [6.07, 6.45) is 1.37. The molecule has 1 aromatic carbocycles. The molecule has 0 radical (unpaired) electrons. The number of hydrogen-bond acceptors (Lipinski definition) is 5. The fourth-order valence-electron chi connectivity index (χ4n) is 1.66. The zero-order chi connectivity index (χ0) is 15.1. The Balaban J connectivity index is 1.70. The number of thioether (sulfide) groups is 1. The predicted molar refractivity (Wildman–Crippen MR) is 79.6 cm³/mol. The van der Waals surface area contributed by atoms with Gasteiger partial charge < -0.3 is 5.32 Å². The van der Waals surface area contributed by atoms with Crippen molar-refractivity contribution in [2.75, 3.05) is 12.3 Å². The van der Waals surface area contributed by atoms with Crippen LogP contribution in [0.4, 0.5) is 0 Å². The Hall–Kier alpha value is -2.33. The van der Waals surface area contributed by atoms with Crippen molar-refractivity contribution in [3.05, 3.63) is 42.0 Å². The Kier molecular flexibility index (Phi) is 5.35. The highest BCUT2D eigenvalue weighted by molar-refractivity contribution is 7.99. The summed E-state index contributed by atoms with van der Waals surface area (Å²) < 4.78 is 1.42. The summed E-state index contributed by atoms with van der Waals surface area (Å²) in [5.41, 5.74) is 1.23. The van der Waals surface area contributed by atoms with Crippen molar-refractivity contribution in [1.82, 2.24) is 20.1 Å². The van der Waals surface area contributed by atoms with E-state index in [4.69, 9.17) is 5.26 Å². The number of amides is 1. The second-order valence-corrected chi connectivity index (χ2v) is 5.57. The minimum Gasteiger partial charge on any atom is -0.354 e. The van der Waals surface area contributed by atoms with Crippen LogP contribution in [-0.2, 0) is 11.3 Å². The third-order valence-corrected chi connectivity index (χ3v) is 3.76. The smallest absolute Gasteiger partial charge is 0.240 e. The summed E-state index contributed by atoms with van der Waals surface area (Å²) in [4.78, 5) is 12.9. The predicted octanol–water partition coefficient (Wildman–Crippen LogP) is 1.37. The third kappa shape index (κ3) is 4.61. The van der Waals surface area contributed by atoms with Gasteiger partial charge in [0.25, 0.3) is 0 Å². The van der Waals surface area contributed by atoms with Gasteiger partial charge in [-0.25, -0.2) is 0 Å². The van der Waals surface area contributed by atoms with Gasteiger partial charge in [-0.3, -0.25) is 9.36 Å². The Morgan fingerprint density at radius 1 is 1.43 bits per heavy atom. The van der Waals surface area contributed by atoms with Gasteiger partial charge >= 0.3 is 0 Å². The van der Waals surface area contributed by atoms with Gasteiger partial charge in [-0.1, -0.05) is 17.7 Å². The van der Waals surface area contributed by atoms with Crippen molar-refractivity contribution in [3.63, 3.8) is 0 Å². The topological polar surface area (TPSA) is 83.6 Å². The van der Waals surface area contributed by atoms with Gasteiger partial charge in [0.05, 0.1) is 0 Å². The largest absolute Gasteiger partial charge is 0.354 e. The standard InChI is InChI=1S/C14H15N5OS/c1-11-2-4-12(5-3-11)21-7-6-16-14(20)9-19-10-17-18-13(19)8-15/h2-5,10H,6-7,9H2,1H3,(H,16,20). The van der Waals surface area contributed by atoms with Crippen molar-refractivity contribution < 1.29 is 4.79 Å². The van der Waals surface area contributed by atoms with E-state index >= 15 is 0 Å². The number of aromatic nitrogens is 3. The van der Waals surface area contributed by atoms with Crippen molar-refractivity contribution >= 4 is 17.7 Å². The number of nitriles is 1. The number of nitrogens with one attached hydrogen (secondary N) is 1. The molecular formula is C14H15N5OS. The minimum atomic E-state index is -0.157. The zero-order valence-corrected chi connectivity index (χ0v) is 12.4. The Bertz CT molecular complexity index is 644. The number of carbonyl (C=O) groups is 1. The monoisotopic (exact) mass is 301 g/mol. The van der Waals surface area contributed by atoms with Crippen LogP contribution < -0.4 is 5.32 Å². The summed E-state index contributed by atoms with van der Waals surface area (Å²) >= 11 is 1.69. The van der Waals surface area contributed by atoms with E-state index in [9.17, 15) is 4.79 Å². The van der Waals surface area contributed by atoms with Crippen LogP contribution in [0.2, 0.25) is 0 Å². The van der Waals surface area contributed by atoms with Crippen LogP contribution in [0.1, 0.15) is 11.4 Å². The maximum atomic E-state index is 11.7. The van der Waals surface area contributed by atoms with Crippen molar-refractivity contribution in [2.45, 2.75) is 18.4 Å². The van der Waals surface area contributed by atoms with Gasteiger partial charge in [0, 0.05) is 17.2 Å². The van der Waals surface area contributed by atoms with Crippen LogP contribution in [0, 0.1) is 18.3 Å². The van der Waals surface area contributed by atoms with Gasteiger partial charge in [-0.2, -0.15) is 5.26 Å². The lowest BCUT2D eigenvalue weighted by atomic mass is 10.2. The molecule has 0 saturated carbocycles. The molecule has 1 heterocycles. The highest BCUT2D eigenvalue weighted by Crippen LogP contribution is 2.17.